The maximum Gasteiger partial charge on any atom is 0.142 e. The van der Waals surface area contributed by atoms with Crippen LogP contribution in [-0.4, -0.2) is 17.1 Å². The van der Waals surface area contributed by atoms with Crippen molar-refractivity contribution in [3.8, 4) is 5.75 Å². The van der Waals surface area contributed by atoms with Gasteiger partial charge in [-0.25, -0.2) is 0 Å². The molecule has 0 fully saturated rings. The molecule has 1 aromatic carbocycles. The smallest absolute Gasteiger partial charge is 0.142 e. The first-order chi connectivity index (χ1) is 8.02. The summed E-state index contributed by atoms with van der Waals surface area (Å²) >= 11 is 0. The van der Waals surface area contributed by atoms with Crippen LogP contribution >= 0.6 is 0 Å². The van der Waals surface area contributed by atoms with Crippen molar-refractivity contribution in [1.82, 2.24) is 0 Å². The van der Waals surface area contributed by atoms with Crippen LogP contribution in [0.1, 0.15) is 38.7 Å². The highest BCUT2D eigenvalue weighted by Gasteiger charge is 2.07. The molecule has 1 rings (SSSR count). The van der Waals surface area contributed by atoms with Crippen molar-refractivity contribution in [3.63, 3.8) is 0 Å². The number of benzene rings is 1. The van der Waals surface area contributed by atoms with Crippen molar-refractivity contribution >= 4 is 5.84 Å². The molecule has 0 heterocycles. The van der Waals surface area contributed by atoms with Crippen LogP contribution in [-0.2, 0) is 0 Å². The Balaban J connectivity index is 2.57. The van der Waals surface area contributed by atoms with Crippen molar-refractivity contribution in [3.05, 3.63) is 29.8 Å². The SMILES string of the molecule is CC(CC(N)=NO)Oc1ccc(C(C)C)cc1. The topological polar surface area (TPSA) is 67.8 Å². The van der Waals surface area contributed by atoms with E-state index in [1.54, 1.807) is 0 Å². The van der Waals surface area contributed by atoms with Crippen molar-refractivity contribution < 1.29 is 9.94 Å². The fourth-order valence-corrected chi connectivity index (χ4v) is 1.54. The van der Waals surface area contributed by atoms with Gasteiger partial charge in [0, 0.05) is 6.42 Å². The summed E-state index contributed by atoms with van der Waals surface area (Å²) < 4.78 is 5.65. The molecule has 0 aromatic heterocycles. The van der Waals surface area contributed by atoms with E-state index in [1.165, 1.54) is 5.56 Å². The molecule has 1 atom stereocenters. The third kappa shape index (κ3) is 4.34. The fourth-order valence-electron chi connectivity index (χ4n) is 1.54. The van der Waals surface area contributed by atoms with Crippen LogP contribution in [0.4, 0.5) is 0 Å². The van der Waals surface area contributed by atoms with Gasteiger partial charge in [-0.2, -0.15) is 0 Å². The zero-order chi connectivity index (χ0) is 12.8. The molecule has 0 amide bonds. The zero-order valence-corrected chi connectivity index (χ0v) is 10.6. The monoisotopic (exact) mass is 236 g/mol. The third-order valence-corrected chi connectivity index (χ3v) is 2.51. The lowest BCUT2D eigenvalue weighted by molar-refractivity contribution is 0.226. The predicted octanol–water partition coefficient (Wildman–Crippen LogP) is 2.71. The molecule has 4 nitrogen and oxygen atoms in total. The van der Waals surface area contributed by atoms with Gasteiger partial charge < -0.3 is 15.7 Å². The van der Waals surface area contributed by atoms with Gasteiger partial charge >= 0.3 is 0 Å². The molecule has 0 saturated carbocycles. The molecule has 17 heavy (non-hydrogen) atoms. The minimum Gasteiger partial charge on any atom is -0.490 e. The molecule has 0 saturated heterocycles. The highest BCUT2D eigenvalue weighted by Crippen LogP contribution is 2.19. The van der Waals surface area contributed by atoms with Crippen LogP contribution in [0.5, 0.6) is 5.75 Å². The number of ether oxygens (including phenoxy) is 1. The van der Waals surface area contributed by atoms with Gasteiger partial charge in [0.05, 0.1) is 0 Å². The summed E-state index contributed by atoms with van der Waals surface area (Å²) in [7, 11) is 0. The lowest BCUT2D eigenvalue weighted by atomic mass is 10.0. The lowest BCUT2D eigenvalue weighted by Gasteiger charge is -2.14. The van der Waals surface area contributed by atoms with E-state index < -0.39 is 0 Å². The maximum absolute atomic E-state index is 8.45. The average Bonchev–Trinajstić information content (AvgIpc) is 2.29. The first-order valence-electron chi connectivity index (χ1n) is 5.76. The largest absolute Gasteiger partial charge is 0.490 e. The van der Waals surface area contributed by atoms with Crippen LogP contribution in [0.2, 0.25) is 0 Å². The van der Waals surface area contributed by atoms with E-state index in [1.807, 2.05) is 19.1 Å². The Labute approximate surface area is 102 Å². The van der Waals surface area contributed by atoms with Crippen LogP contribution < -0.4 is 10.5 Å². The van der Waals surface area contributed by atoms with Crippen LogP contribution in [0.15, 0.2) is 29.4 Å². The lowest BCUT2D eigenvalue weighted by Crippen LogP contribution is -2.22. The van der Waals surface area contributed by atoms with Gasteiger partial charge in [0.25, 0.3) is 0 Å². The Morgan fingerprint density at radius 1 is 1.29 bits per heavy atom. The molecule has 3 N–H and O–H groups in total. The fraction of sp³-hybridized carbons (Fsp3) is 0.462. The van der Waals surface area contributed by atoms with Crippen molar-refractivity contribution in [2.24, 2.45) is 10.9 Å². The second-order valence-corrected chi connectivity index (χ2v) is 4.45. The Hall–Kier alpha value is -1.71. The predicted molar refractivity (Wildman–Crippen MR) is 68.6 cm³/mol. The second kappa shape index (κ2) is 6.13. The summed E-state index contributed by atoms with van der Waals surface area (Å²) in [6.07, 6.45) is 0.290. The molecule has 4 heteroatoms. The molecule has 0 bridgehead atoms. The van der Waals surface area contributed by atoms with Gasteiger partial charge in [-0.05, 0) is 30.5 Å². The number of nitrogens with zero attached hydrogens (tertiary/aromatic N) is 1. The Kier molecular flexibility index (Phi) is 4.82. The summed E-state index contributed by atoms with van der Waals surface area (Å²) in [5, 5.41) is 11.4. The molecule has 1 unspecified atom stereocenters. The summed E-state index contributed by atoms with van der Waals surface area (Å²) in [6.45, 7) is 6.18. The highest BCUT2D eigenvalue weighted by atomic mass is 16.5. The molecule has 0 aliphatic rings. The van der Waals surface area contributed by atoms with Crippen molar-refractivity contribution in [1.29, 1.82) is 0 Å². The van der Waals surface area contributed by atoms with Gasteiger partial charge in [-0.15, -0.1) is 0 Å². The first kappa shape index (κ1) is 13.4. The Bertz CT molecular complexity index is 372. The summed E-state index contributed by atoms with van der Waals surface area (Å²) in [4.78, 5) is 0. The van der Waals surface area contributed by atoms with E-state index in [0.717, 1.165) is 5.75 Å². The van der Waals surface area contributed by atoms with Gasteiger partial charge in [-0.1, -0.05) is 31.1 Å². The molecule has 0 aliphatic carbocycles. The third-order valence-electron chi connectivity index (χ3n) is 2.51. The molecule has 0 spiro atoms. The van der Waals surface area contributed by atoms with E-state index in [4.69, 9.17) is 15.7 Å². The molecule has 0 aliphatic heterocycles. The summed E-state index contributed by atoms with van der Waals surface area (Å²) in [5.74, 6) is 1.49. The zero-order valence-electron chi connectivity index (χ0n) is 10.6. The normalized spacial score (nSPS) is 13.8. The van der Waals surface area contributed by atoms with E-state index in [0.29, 0.717) is 12.3 Å². The number of hydrogen-bond acceptors (Lipinski definition) is 3. The standard InChI is InChI=1S/C13H20N2O2/c1-9(2)11-4-6-12(7-5-11)17-10(3)8-13(14)15-16/h4-7,9-10,16H,8H2,1-3H3,(H2,14,15). The highest BCUT2D eigenvalue weighted by molar-refractivity contribution is 5.80. The maximum atomic E-state index is 8.45. The molecule has 0 radical (unpaired) electrons. The van der Waals surface area contributed by atoms with E-state index in [9.17, 15) is 0 Å². The number of rotatable bonds is 5. The van der Waals surface area contributed by atoms with Gasteiger partial charge in [-0.3, -0.25) is 0 Å². The van der Waals surface area contributed by atoms with Crippen molar-refractivity contribution in [2.45, 2.75) is 39.2 Å². The van der Waals surface area contributed by atoms with Crippen LogP contribution in [0.25, 0.3) is 0 Å². The number of nitrogens with two attached hydrogens (primary N) is 1. The Morgan fingerprint density at radius 2 is 1.88 bits per heavy atom. The second-order valence-electron chi connectivity index (χ2n) is 4.45. The average molecular weight is 236 g/mol. The van der Waals surface area contributed by atoms with Gasteiger partial charge in [0.2, 0.25) is 0 Å². The molecular weight excluding hydrogens is 216 g/mol. The number of oxime groups is 1. The minimum atomic E-state index is -0.115. The molecule has 1 aromatic rings. The van der Waals surface area contributed by atoms with E-state index in [-0.39, 0.29) is 11.9 Å². The van der Waals surface area contributed by atoms with Crippen molar-refractivity contribution in [2.75, 3.05) is 0 Å². The van der Waals surface area contributed by atoms with E-state index >= 15 is 0 Å². The minimum absolute atomic E-state index is 0.115. The van der Waals surface area contributed by atoms with Gasteiger partial charge in [0.1, 0.15) is 17.7 Å². The Morgan fingerprint density at radius 3 is 2.35 bits per heavy atom. The number of amidine groups is 1. The summed E-state index contributed by atoms with van der Waals surface area (Å²) in [5.41, 5.74) is 6.69. The molecule has 94 valence electrons. The van der Waals surface area contributed by atoms with Crippen LogP contribution in [0, 0.1) is 0 Å². The van der Waals surface area contributed by atoms with Gasteiger partial charge in [0.15, 0.2) is 0 Å². The molecular formula is C13H20N2O2. The summed E-state index contributed by atoms with van der Waals surface area (Å²) in [6, 6.07) is 7.99. The van der Waals surface area contributed by atoms with Crippen LogP contribution in [0.3, 0.4) is 0 Å². The first-order valence-corrected chi connectivity index (χ1v) is 5.76. The quantitative estimate of drug-likeness (QED) is 0.357. The van der Waals surface area contributed by atoms with E-state index in [2.05, 4.69) is 31.1 Å². The number of hydrogen-bond donors (Lipinski definition) is 2.